The van der Waals surface area contributed by atoms with E-state index < -0.39 is 31.0 Å². The molecular weight excluding hydrogens is 202 g/mol. The van der Waals surface area contributed by atoms with Crippen molar-refractivity contribution in [3.05, 3.63) is 0 Å². The van der Waals surface area contributed by atoms with Crippen molar-refractivity contribution in [1.82, 2.24) is 0 Å². The molecule has 6 heteroatoms. The van der Waals surface area contributed by atoms with Gasteiger partial charge in [-0.2, -0.15) is 0 Å². The highest BCUT2D eigenvalue weighted by atomic mass is 16.4. The van der Waals surface area contributed by atoms with Crippen LogP contribution >= 0.6 is 0 Å². The van der Waals surface area contributed by atoms with Gasteiger partial charge in [0.25, 0.3) is 0 Å². The van der Waals surface area contributed by atoms with Gasteiger partial charge in [-0.3, -0.25) is 0 Å². The first-order chi connectivity index (χ1) is 6.69. The van der Waals surface area contributed by atoms with Crippen molar-refractivity contribution in [2.45, 2.75) is 24.4 Å². The summed E-state index contributed by atoms with van der Waals surface area (Å²) >= 11 is 0. The Kier molecular flexibility index (Phi) is 5.65. The number of quaternary nitrogens is 1. The Morgan fingerprint density at radius 1 is 0.867 bits per heavy atom. The molecule has 0 radical (unpaired) electrons. The number of nitrogens with zero attached hydrogens (tertiary/aromatic N) is 1. The first-order valence-corrected chi connectivity index (χ1v) is 4.82. The summed E-state index contributed by atoms with van der Waals surface area (Å²) in [6.45, 7) is -0.425. The lowest BCUT2D eigenvalue weighted by atomic mass is 10.0. The van der Waals surface area contributed by atoms with Crippen molar-refractivity contribution < 1.29 is 30.0 Å². The summed E-state index contributed by atoms with van der Waals surface area (Å²) in [6.07, 6.45) is -5.61. The Balaban J connectivity index is 4.25. The molecule has 0 rings (SSSR count). The van der Waals surface area contributed by atoms with Crippen molar-refractivity contribution in [2.75, 3.05) is 34.3 Å². The molecule has 15 heavy (non-hydrogen) atoms. The van der Waals surface area contributed by atoms with Crippen LogP contribution in [0.4, 0.5) is 0 Å². The third kappa shape index (κ3) is 5.41. The van der Waals surface area contributed by atoms with Crippen molar-refractivity contribution in [1.29, 1.82) is 0 Å². The van der Waals surface area contributed by atoms with Crippen LogP contribution in [0.25, 0.3) is 0 Å². The molecule has 0 heterocycles. The average Bonchev–Trinajstić information content (AvgIpc) is 2.11. The lowest BCUT2D eigenvalue weighted by Crippen LogP contribution is -2.52. The number of aliphatic hydroxyl groups excluding tert-OH is 5. The molecular formula is C9H22NO5+. The van der Waals surface area contributed by atoms with E-state index in [1.165, 1.54) is 0 Å². The predicted octanol–water partition coefficient (Wildman–Crippen LogP) is -2.87. The van der Waals surface area contributed by atoms with E-state index in [2.05, 4.69) is 0 Å². The SMILES string of the molecule is C[N+](C)(C)C[C@H](O)[C@H](O)[C@H](O)[C@H](O)CO. The third-order valence-electron chi connectivity index (χ3n) is 2.06. The number of hydrogen-bond acceptors (Lipinski definition) is 5. The fourth-order valence-corrected chi connectivity index (χ4v) is 1.23. The van der Waals surface area contributed by atoms with Gasteiger partial charge < -0.3 is 30.0 Å². The van der Waals surface area contributed by atoms with Gasteiger partial charge in [-0.1, -0.05) is 0 Å². The molecule has 0 aromatic rings. The molecule has 0 saturated carbocycles. The maximum Gasteiger partial charge on any atom is 0.131 e. The van der Waals surface area contributed by atoms with Gasteiger partial charge in [-0.15, -0.1) is 0 Å². The third-order valence-corrected chi connectivity index (χ3v) is 2.06. The predicted molar refractivity (Wildman–Crippen MR) is 54.0 cm³/mol. The Morgan fingerprint density at radius 2 is 1.27 bits per heavy atom. The fraction of sp³-hybridized carbons (Fsp3) is 1.00. The van der Waals surface area contributed by atoms with Crippen LogP contribution in [0.5, 0.6) is 0 Å². The van der Waals surface area contributed by atoms with E-state index >= 15 is 0 Å². The Bertz CT molecular complexity index is 182. The maximum absolute atomic E-state index is 9.55. The van der Waals surface area contributed by atoms with E-state index in [1.54, 1.807) is 0 Å². The molecule has 0 aliphatic rings. The minimum absolute atomic E-state index is 0.233. The fourth-order valence-electron chi connectivity index (χ4n) is 1.23. The Morgan fingerprint density at radius 3 is 1.60 bits per heavy atom. The molecule has 0 unspecified atom stereocenters. The molecule has 0 aliphatic carbocycles. The van der Waals surface area contributed by atoms with Gasteiger partial charge >= 0.3 is 0 Å². The van der Waals surface area contributed by atoms with Crippen LogP contribution in [-0.4, -0.2) is 88.7 Å². The molecule has 0 saturated heterocycles. The molecule has 0 fully saturated rings. The van der Waals surface area contributed by atoms with E-state index in [4.69, 9.17) is 10.2 Å². The lowest BCUT2D eigenvalue weighted by Gasteiger charge is -2.31. The highest BCUT2D eigenvalue weighted by Gasteiger charge is 2.32. The van der Waals surface area contributed by atoms with Crippen LogP contribution in [0.2, 0.25) is 0 Å². The zero-order valence-corrected chi connectivity index (χ0v) is 9.41. The Hall–Kier alpha value is -0.240. The lowest BCUT2D eigenvalue weighted by molar-refractivity contribution is -0.874. The number of aliphatic hydroxyl groups is 5. The Labute approximate surface area is 89.6 Å². The van der Waals surface area contributed by atoms with E-state index in [-0.39, 0.29) is 6.54 Å². The van der Waals surface area contributed by atoms with Crippen molar-refractivity contribution in [3.63, 3.8) is 0 Å². The second-order valence-corrected chi connectivity index (χ2v) is 4.77. The van der Waals surface area contributed by atoms with Gasteiger partial charge in [0, 0.05) is 0 Å². The highest BCUT2D eigenvalue weighted by Crippen LogP contribution is 2.07. The number of likely N-dealkylation sites (N-methyl/N-ethyl adjacent to an activating group) is 1. The van der Waals surface area contributed by atoms with Crippen LogP contribution in [0.3, 0.4) is 0 Å². The normalized spacial score (nSPS) is 20.8. The van der Waals surface area contributed by atoms with Crippen LogP contribution in [0.1, 0.15) is 0 Å². The molecule has 5 N–H and O–H groups in total. The van der Waals surface area contributed by atoms with Gasteiger partial charge in [0.05, 0.1) is 27.7 Å². The van der Waals surface area contributed by atoms with Crippen molar-refractivity contribution in [3.8, 4) is 0 Å². The second-order valence-electron chi connectivity index (χ2n) is 4.77. The molecule has 0 amide bonds. The van der Waals surface area contributed by atoms with Crippen LogP contribution in [0, 0.1) is 0 Å². The maximum atomic E-state index is 9.55. The van der Waals surface area contributed by atoms with Crippen LogP contribution < -0.4 is 0 Å². The zero-order chi connectivity index (χ0) is 12.2. The summed E-state index contributed by atoms with van der Waals surface area (Å²) < 4.78 is 0.417. The smallest absolute Gasteiger partial charge is 0.131 e. The molecule has 0 aliphatic heterocycles. The highest BCUT2D eigenvalue weighted by molar-refractivity contribution is 4.80. The molecule has 0 aromatic carbocycles. The molecule has 4 atom stereocenters. The van der Waals surface area contributed by atoms with Gasteiger partial charge in [-0.05, 0) is 0 Å². The number of hydrogen-bond donors (Lipinski definition) is 5. The summed E-state index contributed by atoms with van der Waals surface area (Å²) in [5.41, 5.74) is 0. The minimum atomic E-state index is -1.54. The van der Waals surface area contributed by atoms with E-state index in [9.17, 15) is 15.3 Å². The van der Waals surface area contributed by atoms with Crippen molar-refractivity contribution in [2.24, 2.45) is 0 Å². The standard InChI is InChI=1S/C9H22NO5/c1-10(2,3)4-6(12)8(14)9(15)7(13)5-11/h6-9,11-15H,4-5H2,1-3H3/q+1/t6-,7+,8-,9+/m0/s1. The monoisotopic (exact) mass is 224 g/mol. The molecule has 92 valence electrons. The largest absolute Gasteiger partial charge is 0.394 e. The zero-order valence-electron chi connectivity index (χ0n) is 9.41. The molecule has 0 spiro atoms. The van der Waals surface area contributed by atoms with E-state index in [0.29, 0.717) is 4.48 Å². The first kappa shape index (κ1) is 14.8. The van der Waals surface area contributed by atoms with Gasteiger partial charge in [0.1, 0.15) is 31.0 Å². The molecule has 0 bridgehead atoms. The number of rotatable bonds is 6. The van der Waals surface area contributed by atoms with E-state index in [1.807, 2.05) is 21.1 Å². The van der Waals surface area contributed by atoms with Gasteiger partial charge in [0.2, 0.25) is 0 Å². The summed E-state index contributed by atoms with van der Waals surface area (Å²) in [5.74, 6) is 0. The summed E-state index contributed by atoms with van der Waals surface area (Å²) in [7, 11) is 5.47. The molecule has 0 aromatic heterocycles. The molecule has 6 nitrogen and oxygen atoms in total. The topological polar surface area (TPSA) is 101 Å². The summed E-state index contributed by atoms with van der Waals surface area (Å²) in [6, 6.07) is 0. The van der Waals surface area contributed by atoms with Crippen LogP contribution in [0.15, 0.2) is 0 Å². The quantitative estimate of drug-likeness (QED) is 0.312. The van der Waals surface area contributed by atoms with Gasteiger partial charge in [-0.25, -0.2) is 0 Å². The minimum Gasteiger partial charge on any atom is -0.394 e. The van der Waals surface area contributed by atoms with E-state index in [0.717, 1.165) is 0 Å². The first-order valence-electron chi connectivity index (χ1n) is 4.82. The average molecular weight is 224 g/mol. The summed E-state index contributed by atoms with van der Waals surface area (Å²) in [4.78, 5) is 0. The van der Waals surface area contributed by atoms with Gasteiger partial charge in [0.15, 0.2) is 0 Å². The van der Waals surface area contributed by atoms with Crippen LogP contribution in [-0.2, 0) is 0 Å². The summed E-state index contributed by atoms with van der Waals surface area (Å²) in [5, 5.41) is 46.0. The van der Waals surface area contributed by atoms with Crippen molar-refractivity contribution >= 4 is 0 Å². The second kappa shape index (κ2) is 5.74.